The standard InChI is InChI=1S/C17H18N2O3S/c1-21-13-6-4-12(5-7-13)19-23(3,20)17-11-18-16-9-8-14(22-2)10-15(16)17/h4-11,18H,1-3H3. The van der Waals surface area contributed by atoms with Gasteiger partial charge in [-0.1, -0.05) is 0 Å². The van der Waals surface area contributed by atoms with Gasteiger partial charge < -0.3 is 14.5 Å². The number of ether oxygens (including phenoxy) is 2. The van der Waals surface area contributed by atoms with Crippen molar-refractivity contribution in [1.29, 1.82) is 0 Å². The zero-order valence-electron chi connectivity index (χ0n) is 13.2. The van der Waals surface area contributed by atoms with Crippen LogP contribution in [0.3, 0.4) is 0 Å². The maximum Gasteiger partial charge on any atom is 0.119 e. The van der Waals surface area contributed by atoms with Crippen LogP contribution in [0.15, 0.2) is 57.9 Å². The summed E-state index contributed by atoms with van der Waals surface area (Å²) in [7, 11) is 0.621. The molecule has 0 aliphatic rings. The van der Waals surface area contributed by atoms with Crippen LogP contribution in [0.25, 0.3) is 10.9 Å². The summed E-state index contributed by atoms with van der Waals surface area (Å²) in [5, 5.41) is 0.856. The van der Waals surface area contributed by atoms with Crippen molar-refractivity contribution in [3.63, 3.8) is 0 Å². The molecule has 0 spiro atoms. The van der Waals surface area contributed by atoms with Gasteiger partial charge in [0.1, 0.15) is 11.5 Å². The molecule has 2 aromatic carbocycles. The predicted octanol–water partition coefficient (Wildman–Crippen LogP) is 3.97. The number of fused-ring (bicyclic) bond motifs is 1. The van der Waals surface area contributed by atoms with Gasteiger partial charge in [-0.15, -0.1) is 0 Å². The third-order valence-electron chi connectivity index (χ3n) is 3.61. The zero-order valence-corrected chi connectivity index (χ0v) is 14.0. The van der Waals surface area contributed by atoms with E-state index in [4.69, 9.17) is 9.47 Å². The molecule has 1 atom stereocenters. The third-order valence-corrected chi connectivity index (χ3v) is 5.32. The number of aromatic nitrogens is 1. The lowest BCUT2D eigenvalue weighted by atomic mass is 10.2. The smallest absolute Gasteiger partial charge is 0.119 e. The Morgan fingerprint density at radius 2 is 1.65 bits per heavy atom. The number of nitrogens with one attached hydrogen (secondary N) is 1. The van der Waals surface area contributed by atoms with Crippen LogP contribution in [-0.4, -0.2) is 29.7 Å². The van der Waals surface area contributed by atoms with Crippen LogP contribution in [0.2, 0.25) is 0 Å². The normalized spacial score (nSPS) is 13.5. The van der Waals surface area contributed by atoms with Crippen molar-refractivity contribution in [2.45, 2.75) is 4.90 Å². The van der Waals surface area contributed by atoms with E-state index in [0.717, 1.165) is 22.4 Å². The molecular weight excluding hydrogens is 312 g/mol. The van der Waals surface area contributed by atoms with E-state index >= 15 is 0 Å². The summed E-state index contributed by atoms with van der Waals surface area (Å²) in [6.45, 7) is 0. The van der Waals surface area contributed by atoms with E-state index in [0.29, 0.717) is 10.6 Å². The minimum Gasteiger partial charge on any atom is -0.497 e. The van der Waals surface area contributed by atoms with Crippen LogP contribution >= 0.6 is 0 Å². The monoisotopic (exact) mass is 330 g/mol. The zero-order chi connectivity index (χ0) is 16.4. The molecule has 1 unspecified atom stereocenters. The summed E-state index contributed by atoms with van der Waals surface area (Å²) in [6, 6.07) is 12.8. The van der Waals surface area contributed by atoms with Crippen molar-refractivity contribution in [3.8, 4) is 11.5 Å². The molecule has 6 heteroatoms. The van der Waals surface area contributed by atoms with Gasteiger partial charge in [0.15, 0.2) is 0 Å². The number of rotatable bonds is 4. The van der Waals surface area contributed by atoms with Crippen molar-refractivity contribution in [1.82, 2.24) is 4.98 Å². The van der Waals surface area contributed by atoms with Crippen LogP contribution in [0.4, 0.5) is 5.69 Å². The lowest BCUT2D eigenvalue weighted by Crippen LogP contribution is -1.96. The first-order chi connectivity index (χ1) is 11.0. The number of benzene rings is 2. The van der Waals surface area contributed by atoms with Gasteiger partial charge in [-0.3, -0.25) is 0 Å². The number of methoxy groups -OCH3 is 2. The highest BCUT2D eigenvalue weighted by Crippen LogP contribution is 2.29. The molecule has 1 aromatic heterocycles. The van der Waals surface area contributed by atoms with E-state index in [-0.39, 0.29) is 0 Å². The third kappa shape index (κ3) is 3.03. The Labute approximate surface area is 135 Å². The highest BCUT2D eigenvalue weighted by atomic mass is 32.2. The molecule has 120 valence electrons. The first-order valence-corrected chi connectivity index (χ1v) is 8.97. The van der Waals surface area contributed by atoms with Crippen LogP contribution in [0, 0.1) is 0 Å². The number of aromatic amines is 1. The fraction of sp³-hybridized carbons (Fsp3) is 0.176. The van der Waals surface area contributed by atoms with Crippen molar-refractivity contribution in [3.05, 3.63) is 48.7 Å². The first-order valence-electron chi connectivity index (χ1n) is 7.05. The van der Waals surface area contributed by atoms with Crippen LogP contribution in [-0.2, 0) is 9.73 Å². The van der Waals surface area contributed by atoms with Crippen LogP contribution in [0.5, 0.6) is 11.5 Å². The Kier molecular flexibility index (Phi) is 4.00. The number of hydrogen-bond acceptors (Lipinski definition) is 4. The Morgan fingerprint density at radius 1 is 1.00 bits per heavy atom. The minimum atomic E-state index is -2.59. The van der Waals surface area contributed by atoms with Gasteiger partial charge in [-0.2, -0.15) is 4.36 Å². The number of H-pyrrole nitrogens is 1. The van der Waals surface area contributed by atoms with Gasteiger partial charge in [-0.05, 0) is 42.5 Å². The average Bonchev–Trinajstić information content (AvgIpc) is 2.99. The van der Waals surface area contributed by atoms with E-state index in [1.54, 1.807) is 50.9 Å². The maximum atomic E-state index is 13.1. The molecule has 5 nitrogen and oxygen atoms in total. The van der Waals surface area contributed by atoms with Gasteiger partial charge >= 0.3 is 0 Å². The van der Waals surface area contributed by atoms with E-state index < -0.39 is 9.73 Å². The molecule has 1 heterocycles. The van der Waals surface area contributed by atoms with Crippen molar-refractivity contribution >= 4 is 26.3 Å². The van der Waals surface area contributed by atoms with Gasteiger partial charge in [0.25, 0.3) is 0 Å². The topological polar surface area (TPSA) is 63.7 Å². The molecular formula is C17H18N2O3S. The lowest BCUT2D eigenvalue weighted by molar-refractivity contribution is 0.415. The van der Waals surface area contributed by atoms with Gasteiger partial charge in [0, 0.05) is 23.4 Å². The summed E-state index contributed by atoms with van der Waals surface area (Å²) < 4.78 is 27.9. The Morgan fingerprint density at radius 3 is 2.30 bits per heavy atom. The van der Waals surface area contributed by atoms with Crippen molar-refractivity contribution in [2.24, 2.45) is 4.36 Å². The van der Waals surface area contributed by atoms with Crippen LogP contribution < -0.4 is 9.47 Å². The van der Waals surface area contributed by atoms with Crippen molar-refractivity contribution in [2.75, 3.05) is 20.5 Å². The molecule has 3 rings (SSSR count). The summed E-state index contributed by atoms with van der Waals surface area (Å²) in [6.07, 6.45) is 3.39. The SMILES string of the molecule is COc1ccc(N=S(C)(=O)c2c[nH]c3ccc(OC)cc23)cc1. The predicted molar refractivity (Wildman–Crippen MR) is 92.3 cm³/mol. The summed E-state index contributed by atoms with van der Waals surface area (Å²) in [5.41, 5.74) is 1.55. The molecule has 23 heavy (non-hydrogen) atoms. The molecule has 0 bridgehead atoms. The molecule has 0 fully saturated rings. The average molecular weight is 330 g/mol. The molecule has 1 N–H and O–H groups in total. The van der Waals surface area contributed by atoms with E-state index in [1.807, 2.05) is 18.2 Å². The van der Waals surface area contributed by atoms with Gasteiger partial charge in [0.05, 0.1) is 34.5 Å². The largest absolute Gasteiger partial charge is 0.497 e. The molecule has 0 saturated carbocycles. The minimum absolute atomic E-state index is 0.649. The van der Waals surface area contributed by atoms with Crippen LogP contribution in [0.1, 0.15) is 0 Å². The quantitative estimate of drug-likeness (QED) is 0.787. The van der Waals surface area contributed by atoms with E-state index in [1.165, 1.54) is 0 Å². The second-order valence-electron chi connectivity index (χ2n) is 5.16. The summed E-state index contributed by atoms with van der Waals surface area (Å²) >= 11 is 0. The Balaban J connectivity index is 2.11. The summed E-state index contributed by atoms with van der Waals surface area (Å²) in [4.78, 5) is 3.80. The molecule has 0 aliphatic heterocycles. The second-order valence-corrected chi connectivity index (χ2v) is 7.38. The molecule has 0 radical (unpaired) electrons. The fourth-order valence-electron chi connectivity index (χ4n) is 2.41. The molecule has 0 aliphatic carbocycles. The van der Waals surface area contributed by atoms with E-state index in [2.05, 4.69) is 9.35 Å². The number of hydrogen-bond donors (Lipinski definition) is 1. The maximum absolute atomic E-state index is 13.1. The molecule has 3 aromatic rings. The Hall–Kier alpha value is -2.47. The Bertz CT molecular complexity index is 952. The molecule has 0 saturated heterocycles. The van der Waals surface area contributed by atoms with Gasteiger partial charge in [0.2, 0.25) is 0 Å². The number of nitrogens with zero attached hydrogens (tertiary/aromatic N) is 1. The fourth-order valence-corrected chi connectivity index (χ4v) is 3.88. The van der Waals surface area contributed by atoms with Crippen molar-refractivity contribution < 1.29 is 13.7 Å². The second kappa shape index (κ2) is 5.96. The van der Waals surface area contributed by atoms with Gasteiger partial charge in [-0.25, -0.2) is 4.21 Å². The molecule has 0 amide bonds. The highest BCUT2D eigenvalue weighted by molar-refractivity contribution is 7.93. The summed E-state index contributed by atoms with van der Waals surface area (Å²) in [5.74, 6) is 1.46. The van der Waals surface area contributed by atoms with E-state index in [9.17, 15) is 4.21 Å². The highest BCUT2D eigenvalue weighted by Gasteiger charge is 2.13. The lowest BCUT2D eigenvalue weighted by Gasteiger charge is -2.05. The first kappa shape index (κ1) is 15.4.